The molecule has 0 aliphatic rings. The Morgan fingerprint density at radius 1 is 0.950 bits per heavy atom. The van der Waals surface area contributed by atoms with E-state index in [1.165, 1.54) is 5.56 Å². The van der Waals surface area contributed by atoms with Gasteiger partial charge in [-0.3, -0.25) is 4.90 Å². The zero-order valence-corrected chi connectivity index (χ0v) is 14.2. The largest absolute Gasteiger partial charge is 0.395 e. The van der Waals surface area contributed by atoms with Crippen molar-refractivity contribution >= 4 is 34.2 Å². The van der Waals surface area contributed by atoms with Gasteiger partial charge in [0, 0.05) is 19.6 Å². The van der Waals surface area contributed by atoms with Crippen LogP contribution in [0.5, 0.6) is 0 Å². The van der Waals surface area contributed by atoms with E-state index in [0.29, 0.717) is 19.6 Å². The fourth-order valence-electron chi connectivity index (χ4n) is 1.43. The second-order valence-electron chi connectivity index (χ2n) is 3.90. The Morgan fingerprint density at radius 3 is 1.75 bits per heavy atom. The molecule has 0 aliphatic carbocycles. The number of benzene rings is 1. The van der Waals surface area contributed by atoms with Crippen LogP contribution in [-0.2, 0) is 0 Å². The molecule has 1 rings (SSSR count). The second-order valence-corrected chi connectivity index (χ2v) is 5.03. The predicted octanol–water partition coefficient (Wildman–Crippen LogP) is 0.744. The van der Waals surface area contributed by atoms with Gasteiger partial charge in [0.1, 0.15) is 0 Å². The summed E-state index contributed by atoms with van der Waals surface area (Å²) < 4.78 is 0. The Hall–Kier alpha value is -0.367. The van der Waals surface area contributed by atoms with Crippen molar-refractivity contribution < 1.29 is 15.3 Å². The number of halogens is 1. The summed E-state index contributed by atoms with van der Waals surface area (Å²) in [4.78, 5) is 3.79. The van der Waals surface area contributed by atoms with Crippen LogP contribution in [-0.4, -0.2) is 76.2 Å². The molecular weight excluding hydrogens is 338 g/mol. The first kappa shape index (κ1) is 19.6. The minimum atomic E-state index is 0.0694. The van der Waals surface area contributed by atoms with Crippen molar-refractivity contribution in [2.45, 2.75) is 0 Å². The van der Waals surface area contributed by atoms with Crippen LogP contribution in [0.4, 0.5) is 0 Å². The number of nitrogens with zero attached hydrogens (tertiary/aromatic N) is 1. The average molecular weight is 359 g/mol. The van der Waals surface area contributed by atoms with Crippen LogP contribution in [0.15, 0.2) is 29.2 Å². The van der Waals surface area contributed by atoms with Gasteiger partial charge in [-0.2, -0.15) is 0 Å². The van der Waals surface area contributed by atoms with Crippen LogP contribution < -0.4 is 0 Å². The molecule has 111 valence electrons. The Kier molecular flexibility index (Phi) is 13.4. The van der Waals surface area contributed by atoms with Crippen molar-refractivity contribution in [3.63, 3.8) is 0 Å². The average Bonchev–Trinajstić information content (AvgIpc) is 2.43. The number of aliphatic hydroxyl groups excluding tert-OH is 3. The van der Waals surface area contributed by atoms with Gasteiger partial charge in [-0.15, -0.1) is 0 Å². The van der Waals surface area contributed by atoms with E-state index in [0.717, 1.165) is 5.02 Å². The Balaban J connectivity index is 0.000000361. The third kappa shape index (κ3) is 10.4. The summed E-state index contributed by atoms with van der Waals surface area (Å²) in [5, 5.41) is 26.2. The molecule has 6 heteroatoms. The van der Waals surface area contributed by atoms with Crippen LogP contribution in [0.2, 0.25) is 5.02 Å². The quantitative estimate of drug-likeness (QED) is 0.629. The van der Waals surface area contributed by atoms with E-state index < -0.39 is 0 Å². The molecule has 0 amide bonds. The van der Waals surface area contributed by atoms with Crippen molar-refractivity contribution in [1.29, 1.82) is 0 Å². The molecule has 3 N–H and O–H groups in total. The van der Waals surface area contributed by atoms with E-state index in [4.69, 9.17) is 26.9 Å². The fourth-order valence-corrected chi connectivity index (χ4v) is 1.96. The molecule has 0 unspecified atom stereocenters. The van der Waals surface area contributed by atoms with E-state index in [1.807, 2.05) is 51.8 Å². The zero-order chi connectivity index (χ0) is 15.2. The van der Waals surface area contributed by atoms with Crippen molar-refractivity contribution in [3.05, 3.63) is 39.8 Å². The van der Waals surface area contributed by atoms with Gasteiger partial charge >= 0.3 is 74.0 Å². The van der Waals surface area contributed by atoms with Crippen molar-refractivity contribution in [3.8, 4) is 0 Å². The van der Waals surface area contributed by atoms with Crippen LogP contribution >= 0.6 is 11.6 Å². The van der Waals surface area contributed by atoms with Gasteiger partial charge in [-0.05, 0) is 0 Å². The molecule has 1 aromatic rings. The summed E-state index contributed by atoms with van der Waals surface area (Å²) >= 11 is 7.68. The van der Waals surface area contributed by atoms with Crippen molar-refractivity contribution in [1.82, 2.24) is 4.90 Å². The van der Waals surface area contributed by atoms with E-state index in [2.05, 4.69) is 0 Å². The molecule has 0 spiro atoms. The molecule has 4 nitrogen and oxygen atoms in total. The van der Waals surface area contributed by atoms with Gasteiger partial charge in [0.2, 0.25) is 0 Å². The van der Waals surface area contributed by atoms with Crippen molar-refractivity contribution in [2.75, 3.05) is 39.5 Å². The molecule has 0 aliphatic heterocycles. The molecule has 0 saturated heterocycles. The monoisotopic (exact) mass is 360 g/mol. The second kappa shape index (κ2) is 13.6. The maximum absolute atomic E-state index is 8.48. The molecule has 0 fully saturated rings. The number of rotatable bonds is 7. The minimum Gasteiger partial charge on any atom is -0.395 e. The van der Waals surface area contributed by atoms with E-state index in [1.54, 1.807) is 4.90 Å². The van der Waals surface area contributed by atoms with Crippen LogP contribution in [0.1, 0.15) is 5.56 Å². The molecule has 1 aromatic carbocycles. The summed E-state index contributed by atoms with van der Waals surface area (Å²) in [6.45, 7) is 1.75. The Labute approximate surface area is 133 Å². The predicted molar refractivity (Wildman–Crippen MR) is 83.9 cm³/mol. The van der Waals surface area contributed by atoms with Crippen LogP contribution in [0.25, 0.3) is 6.08 Å². The summed E-state index contributed by atoms with van der Waals surface area (Å²) in [6.07, 6.45) is 2.04. The smallest absolute Gasteiger partial charge is 0.0558 e. The van der Waals surface area contributed by atoms with Gasteiger partial charge < -0.3 is 15.3 Å². The van der Waals surface area contributed by atoms with E-state index in [9.17, 15) is 0 Å². The van der Waals surface area contributed by atoms with Gasteiger partial charge in [0.15, 0.2) is 0 Å². The van der Waals surface area contributed by atoms with Crippen molar-refractivity contribution in [2.24, 2.45) is 0 Å². The molecule has 3 radical (unpaired) electrons. The van der Waals surface area contributed by atoms with E-state index in [-0.39, 0.29) is 19.8 Å². The minimum absolute atomic E-state index is 0.0694. The summed E-state index contributed by atoms with van der Waals surface area (Å²) in [5.41, 5.74) is 1.19. The molecule has 20 heavy (non-hydrogen) atoms. The molecule has 0 saturated carbocycles. The third-order valence-corrected chi connectivity index (χ3v) is 3.00. The first-order valence-electron chi connectivity index (χ1n) is 6.32. The third-order valence-electron chi connectivity index (χ3n) is 2.39. The van der Waals surface area contributed by atoms with Gasteiger partial charge in [-0.25, -0.2) is 0 Å². The summed E-state index contributed by atoms with van der Waals surface area (Å²) in [7, 11) is 0. The molecule has 0 heterocycles. The summed E-state index contributed by atoms with van der Waals surface area (Å²) in [6, 6.07) is 7.75. The van der Waals surface area contributed by atoms with Gasteiger partial charge in [0.05, 0.1) is 19.8 Å². The molecule has 0 bridgehead atoms. The van der Waals surface area contributed by atoms with E-state index >= 15 is 0 Å². The molecule has 0 atom stereocenters. The topological polar surface area (TPSA) is 63.9 Å². The summed E-state index contributed by atoms with van der Waals surface area (Å²) in [5.74, 6) is 0. The molecular formula is C14H21ClGeNO3. The SMILES string of the molecule is Clc1ccc(/C=[CH]/[Ge])cc1.OCCN(CCO)CCO. The van der Waals surface area contributed by atoms with Crippen LogP contribution in [0, 0.1) is 0 Å². The maximum atomic E-state index is 8.48. The number of aliphatic hydroxyl groups is 3. The van der Waals surface area contributed by atoms with Gasteiger partial charge in [0.25, 0.3) is 0 Å². The fraction of sp³-hybridized carbons (Fsp3) is 0.429. The zero-order valence-electron chi connectivity index (χ0n) is 11.4. The Morgan fingerprint density at radius 2 is 1.40 bits per heavy atom. The Bertz CT molecular complexity index is 346. The first-order chi connectivity index (χ1) is 9.67. The number of hydrogen-bond acceptors (Lipinski definition) is 4. The normalized spacial score (nSPS) is 10.7. The number of hydrogen-bond donors (Lipinski definition) is 3. The molecule has 0 aromatic heterocycles. The van der Waals surface area contributed by atoms with Gasteiger partial charge in [-0.1, -0.05) is 0 Å². The van der Waals surface area contributed by atoms with Crippen LogP contribution in [0.3, 0.4) is 0 Å². The standard InChI is InChI=1S/C8H6ClGe.C6H15NO3/c9-8-3-1-7(2-4-8)5-6-10;8-4-1-7(2-5-9)3-6-10/h1-6H;8-10H,1-6H2/b6-5+;. The maximum Gasteiger partial charge on any atom is 0.0558 e. The first-order valence-corrected chi connectivity index (χ1v) is 7.91.